The molecule has 1 N–H and O–H groups in total. The number of rotatable bonds is 5. The molecule has 122 valence electrons. The third-order valence-electron chi connectivity index (χ3n) is 3.92. The molecule has 2 amide bonds. The number of amides is 2. The first-order chi connectivity index (χ1) is 11.1. The van der Waals surface area contributed by atoms with Crippen LogP contribution in [0, 0.1) is 12.8 Å². The summed E-state index contributed by atoms with van der Waals surface area (Å²) in [6.07, 6.45) is 0.250. The van der Waals surface area contributed by atoms with E-state index >= 15 is 0 Å². The normalized spacial score (nSPS) is 17.9. The topological polar surface area (TPSA) is 71.5 Å². The maximum absolute atomic E-state index is 12.4. The van der Waals surface area contributed by atoms with Gasteiger partial charge in [-0.1, -0.05) is 17.4 Å². The lowest BCUT2D eigenvalue weighted by molar-refractivity contribution is -0.128. The van der Waals surface area contributed by atoms with Crippen molar-refractivity contribution in [3.05, 3.63) is 23.8 Å². The van der Waals surface area contributed by atoms with Crippen LogP contribution in [0.3, 0.4) is 0 Å². The zero-order valence-corrected chi connectivity index (χ0v) is 14.0. The third-order valence-corrected chi connectivity index (χ3v) is 4.86. The van der Waals surface area contributed by atoms with Gasteiger partial charge in [0.05, 0.1) is 22.7 Å². The zero-order chi connectivity index (χ0) is 16.4. The van der Waals surface area contributed by atoms with E-state index in [2.05, 4.69) is 10.3 Å². The summed E-state index contributed by atoms with van der Waals surface area (Å²) in [7, 11) is 1.60. The van der Waals surface area contributed by atoms with E-state index in [1.54, 1.807) is 12.0 Å². The molecule has 2 aromatic rings. The number of nitrogens with zero attached hydrogens (tertiary/aromatic N) is 2. The second-order valence-corrected chi connectivity index (χ2v) is 6.74. The van der Waals surface area contributed by atoms with Gasteiger partial charge in [-0.3, -0.25) is 9.59 Å². The van der Waals surface area contributed by atoms with Crippen LogP contribution in [0.25, 0.3) is 10.2 Å². The molecule has 1 aromatic carbocycles. The van der Waals surface area contributed by atoms with Gasteiger partial charge in [-0.15, -0.1) is 0 Å². The minimum atomic E-state index is -0.326. The Bertz CT molecular complexity index is 743. The summed E-state index contributed by atoms with van der Waals surface area (Å²) in [5.41, 5.74) is 2.04. The molecular weight excluding hydrogens is 314 g/mol. The highest BCUT2D eigenvalue weighted by Gasteiger charge is 2.34. The van der Waals surface area contributed by atoms with Crippen LogP contribution in [-0.2, 0) is 14.3 Å². The summed E-state index contributed by atoms with van der Waals surface area (Å²) in [6, 6.07) is 5.99. The molecule has 2 heterocycles. The van der Waals surface area contributed by atoms with E-state index in [4.69, 9.17) is 4.74 Å². The number of aromatic nitrogens is 1. The molecule has 1 saturated heterocycles. The van der Waals surface area contributed by atoms with Crippen LogP contribution in [0.15, 0.2) is 18.2 Å². The van der Waals surface area contributed by atoms with Gasteiger partial charge in [-0.2, -0.15) is 0 Å². The summed E-state index contributed by atoms with van der Waals surface area (Å²) < 4.78 is 6.03. The van der Waals surface area contributed by atoms with Crippen molar-refractivity contribution in [1.29, 1.82) is 0 Å². The van der Waals surface area contributed by atoms with Crippen molar-refractivity contribution in [2.75, 3.05) is 32.1 Å². The van der Waals surface area contributed by atoms with Crippen LogP contribution in [-0.4, -0.2) is 48.5 Å². The number of hydrogen-bond acceptors (Lipinski definition) is 5. The van der Waals surface area contributed by atoms with Gasteiger partial charge in [-0.25, -0.2) is 4.98 Å². The Labute approximate surface area is 138 Å². The minimum absolute atomic E-state index is 0.00197. The fourth-order valence-electron chi connectivity index (χ4n) is 2.66. The summed E-state index contributed by atoms with van der Waals surface area (Å²) >= 11 is 1.45. The number of nitrogens with one attached hydrogen (secondary N) is 1. The molecular formula is C16H19N3O3S. The summed E-state index contributed by atoms with van der Waals surface area (Å²) in [5.74, 6) is -0.468. The number of hydrogen-bond donors (Lipinski definition) is 1. The van der Waals surface area contributed by atoms with Gasteiger partial charge in [0, 0.05) is 26.6 Å². The lowest BCUT2D eigenvalue weighted by Gasteiger charge is -2.15. The number of methoxy groups -OCH3 is 1. The zero-order valence-electron chi connectivity index (χ0n) is 13.2. The van der Waals surface area contributed by atoms with Crippen LogP contribution < -0.4 is 5.32 Å². The fraction of sp³-hybridized carbons (Fsp3) is 0.438. The molecule has 6 nitrogen and oxygen atoms in total. The number of fused-ring (bicyclic) bond motifs is 1. The second-order valence-electron chi connectivity index (χ2n) is 5.71. The Hall–Kier alpha value is -1.99. The maximum Gasteiger partial charge on any atom is 0.231 e. The van der Waals surface area contributed by atoms with Crippen LogP contribution in [0.2, 0.25) is 0 Å². The summed E-state index contributed by atoms with van der Waals surface area (Å²) in [5, 5.41) is 3.43. The molecule has 23 heavy (non-hydrogen) atoms. The van der Waals surface area contributed by atoms with Crippen LogP contribution >= 0.6 is 11.3 Å². The number of aryl methyl sites for hydroxylation is 1. The largest absolute Gasteiger partial charge is 0.383 e. The third kappa shape index (κ3) is 3.51. The molecule has 0 aliphatic carbocycles. The summed E-state index contributed by atoms with van der Waals surface area (Å²) in [4.78, 5) is 30.4. The number of likely N-dealkylation sites (tertiary alicyclic amines) is 1. The SMILES string of the molecule is COCCN1CC(C(=O)Nc2nc3ccc(C)cc3s2)CC1=O. The molecule has 1 fully saturated rings. The molecule has 0 radical (unpaired) electrons. The Balaban J connectivity index is 1.65. The standard InChI is InChI=1S/C16H19N3O3S/c1-10-3-4-12-13(7-10)23-16(17-12)18-15(21)11-8-14(20)19(9-11)5-6-22-2/h3-4,7,11H,5-6,8-9H2,1-2H3,(H,17,18,21). The van der Waals surface area contributed by atoms with Gasteiger partial charge in [0.25, 0.3) is 0 Å². The van der Waals surface area contributed by atoms with E-state index in [1.165, 1.54) is 11.3 Å². The monoisotopic (exact) mass is 333 g/mol. The Morgan fingerprint density at radius 2 is 2.35 bits per heavy atom. The van der Waals surface area contributed by atoms with Crippen LogP contribution in [0.5, 0.6) is 0 Å². The van der Waals surface area contributed by atoms with Gasteiger partial charge in [-0.05, 0) is 24.6 Å². The van der Waals surface area contributed by atoms with Crippen molar-refractivity contribution < 1.29 is 14.3 Å². The molecule has 3 rings (SSSR count). The highest BCUT2D eigenvalue weighted by molar-refractivity contribution is 7.22. The smallest absolute Gasteiger partial charge is 0.231 e. The Kier molecular flexibility index (Phi) is 4.58. The maximum atomic E-state index is 12.4. The second kappa shape index (κ2) is 6.64. The molecule has 0 bridgehead atoms. The molecule has 7 heteroatoms. The molecule has 0 saturated carbocycles. The number of benzene rings is 1. The number of ether oxygens (including phenoxy) is 1. The van der Waals surface area contributed by atoms with Gasteiger partial charge >= 0.3 is 0 Å². The van der Waals surface area contributed by atoms with E-state index < -0.39 is 0 Å². The predicted octanol–water partition coefficient (Wildman–Crippen LogP) is 2.04. The van der Waals surface area contributed by atoms with Crippen molar-refractivity contribution in [2.24, 2.45) is 5.92 Å². The lowest BCUT2D eigenvalue weighted by Crippen LogP contribution is -2.30. The van der Waals surface area contributed by atoms with Gasteiger partial charge in [0.2, 0.25) is 11.8 Å². The van der Waals surface area contributed by atoms with E-state index in [-0.39, 0.29) is 24.2 Å². The number of anilines is 1. The predicted molar refractivity (Wildman–Crippen MR) is 89.5 cm³/mol. The van der Waals surface area contributed by atoms with Crippen molar-refractivity contribution in [3.8, 4) is 0 Å². The molecule has 1 aromatic heterocycles. The van der Waals surface area contributed by atoms with Gasteiger partial charge in [0.1, 0.15) is 0 Å². The summed E-state index contributed by atoms with van der Waals surface area (Å²) in [6.45, 7) is 3.48. The number of thiazole rings is 1. The molecule has 1 unspecified atom stereocenters. The van der Waals surface area contributed by atoms with Crippen LogP contribution in [0.4, 0.5) is 5.13 Å². The van der Waals surface area contributed by atoms with Crippen LogP contribution in [0.1, 0.15) is 12.0 Å². The fourth-order valence-corrected chi connectivity index (χ4v) is 3.63. The van der Waals surface area contributed by atoms with Gasteiger partial charge < -0.3 is 15.0 Å². The quantitative estimate of drug-likeness (QED) is 0.909. The Morgan fingerprint density at radius 3 is 3.13 bits per heavy atom. The highest BCUT2D eigenvalue weighted by Crippen LogP contribution is 2.28. The number of carbonyl (C=O) groups is 2. The molecule has 1 atom stereocenters. The van der Waals surface area contributed by atoms with Crippen molar-refractivity contribution >= 4 is 38.5 Å². The first-order valence-corrected chi connectivity index (χ1v) is 8.33. The van der Waals surface area contributed by atoms with E-state index in [0.29, 0.717) is 24.8 Å². The average molecular weight is 333 g/mol. The molecule has 1 aliphatic rings. The molecule has 1 aliphatic heterocycles. The number of carbonyl (C=O) groups excluding carboxylic acids is 2. The lowest BCUT2D eigenvalue weighted by atomic mass is 10.1. The first-order valence-electron chi connectivity index (χ1n) is 7.51. The molecule has 0 spiro atoms. The van der Waals surface area contributed by atoms with Crippen molar-refractivity contribution in [2.45, 2.75) is 13.3 Å². The Morgan fingerprint density at radius 1 is 1.52 bits per heavy atom. The van der Waals surface area contributed by atoms with E-state index in [1.807, 2.05) is 25.1 Å². The van der Waals surface area contributed by atoms with E-state index in [9.17, 15) is 9.59 Å². The first kappa shape index (κ1) is 15.9. The average Bonchev–Trinajstić information content (AvgIpc) is 3.07. The van der Waals surface area contributed by atoms with Gasteiger partial charge in [0.15, 0.2) is 5.13 Å². The highest BCUT2D eigenvalue weighted by atomic mass is 32.1. The minimum Gasteiger partial charge on any atom is -0.383 e. The van der Waals surface area contributed by atoms with E-state index in [0.717, 1.165) is 15.8 Å². The van der Waals surface area contributed by atoms with Crippen molar-refractivity contribution in [1.82, 2.24) is 9.88 Å². The van der Waals surface area contributed by atoms with Crippen molar-refractivity contribution in [3.63, 3.8) is 0 Å².